The Balaban J connectivity index is 1.54. The second-order valence-corrected chi connectivity index (χ2v) is 10.1. The molecule has 1 aliphatic heterocycles. The van der Waals surface area contributed by atoms with Crippen LogP contribution in [0.2, 0.25) is 0 Å². The van der Waals surface area contributed by atoms with Crippen molar-refractivity contribution in [3.8, 4) is 0 Å². The smallest absolute Gasteiger partial charge is 0.282 e. The van der Waals surface area contributed by atoms with Crippen LogP contribution in [-0.4, -0.2) is 51.7 Å². The molecule has 154 valence electrons. The van der Waals surface area contributed by atoms with Crippen molar-refractivity contribution in [1.29, 1.82) is 0 Å². The summed E-state index contributed by atoms with van der Waals surface area (Å²) in [6, 6.07) is 7.08. The molecular formula is C19H25N6O3S+. The molecule has 4 rings (SSSR count). The predicted molar refractivity (Wildman–Crippen MR) is 108 cm³/mol. The molecule has 0 saturated carbocycles. The van der Waals surface area contributed by atoms with Gasteiger partial charge in [0.1, 0.15) is 12.1 Å². The molecule has 1 fully saturated rings. The molecule has 2 atom stereocenters. The fraction of sp³-hybridized carbons (Fsp3) is 0.474. The maximum atomic E-state index is 12.7. The van der Waals surface area contributed by atoms with Crippen LogP contribution in [0.15, 0.2) is 29.1 Å². The average Bonchev–Trinajstić information content (AvgIpc) is 3.17. The van der Waals surface area contributed by atoms with Gasteiger partial charge in [-0.2, -0.15) is 9.78 Å². The standard InChI is InChI=1S/C19H24N6O3S/c1-13-17(14(2)25(21-13)15-8-9-29(27,28)11-15)10-23(3)12-24-19(26)16-6-4-5-7-18(16)20-22-24/h4-7,15H,8-12H2,1-3H3/p+1/t15-/m1/s1. The molecule has 1 aromatic carbocycles. The molecule has 9 nitrogen and oxygen atoms in total. The first-order chi connectivity index (χ1) is 13.7. The van der Waals surface area contributed by atoms with E-state index in [0.717, 1.165) is 21.9 Å². The first-order valence-corrected chi connectivity index (χ1v) is 11.5. The monoisotopic (exact) mass is 417 g/mol. The average molecular weight is 418 g/mol. The van der Waals surface area contributed by atoms with Gasteiger partial charge in [0.2, 0.25) is 0 Å². The Labute approximate surface area is 168 Å². The van der Waals surface area contributed by atoms with E-state index in [2.05, 4.69) is 15.4 Å². The molecule has 0 aliphatic carbocycles. The van der Waals surface area contributed by atoms with E-state index < -0.39 is 9.84 Å². The molecule has 3 aromatic rings. The van der Waals surface area contributed by atoms with E-state index in [9.17, 15) is 13.2 Å². The molecule has 10 heteroatoms. The molecule has 0 spiro atoms. The zero-order chi connectivity index (χ0) is 20.8. The first kappa shape index (κ1) is 19.7. The molecule has 1 saturated heterocycles. The Bertz CT molecular complexity index is 1230. The van der Waals surface area contributed by atoms with E-state index in [0.29, 0.717) is 30.5 Å². The van der Waals surface area contributed by atoms with E-state index in [4.69, 9.17) is 0 Å². The minimum atomic E-state index is -2.97. The third-order valence-corrected chi connectivity index (χ3v) is 7.31. The van der Waals surface area contributed by atoms with Crippen LogP contribution in [0.1, 0.15) is 29.4 Å². The van der Waals surface area contributed by atoms with Gasteiger partial charge in [-0.15, -0.1) is 5.10 Å². The van der Waals surface area contributed by atoms with E-state index >= 15 is 0 Å². The van der Waals surface area contributed by atoms with E-state index in [1.54, 1.807) is 12.1 Å². The van der Waals surface area contributed by atoms with Gasteiger partial charge in [-0.05, 0) is 32.4 Å². The lowest BCUT2D eigenvalue weighted by molar-refractivity contribution is -0.917. The molecule has 1 aliphatic rings. The van der Waals surface area contributed by atoms with Crippen molar-refractivity contribution in [2.45, 2.75) is 39.5 Å². The van der Waals surface area contributed by atoms with Gasteiger partial charge in [0.05, 0.1) is 41.2 Å². The molecule has 1 unspecified atom stereocenters. The normalized spacial score (nSPS) is 19.6. The van der Waals surface area contributed by atoms with Gasteiger partial charge in [0, 0.05) is 5.69 Å². The number of hydrogen-bond acceptors (Lipinski definition) is 6. The number of fused-ring (bicyclic) bond motifs is 1. The molecular weight excluding hydrogens is 392 g/mol. The summed E-state index contributed by atoms with van der Waals surface area (Å²) in [6.07, 6.45) is 0.606. The molecule has 0 bridgehead atoms. The van der Waals surface area contributed by atoms with Crippen molar-refractivity contribution in [3.05, 3.63) is 51.6 Å². The van der Waals surface area contributed by atoms with Crippen molar-refractivity contribution in [1.82, 2.24) is 24.8 Å². The maximum Gasteiger partial charge on any atom is 0.282 e. The number of nitrogens with zero attached hydrogens (tertiary/aromatic N) is 5. The van der Waals surface area contributed by atoms with Crippen molar-refractivity contribution >= 4 is 20.7 Å². The number of hydrogen-bond donors (Lipinski definition) is 1. The lowest BCUT2D eigenvalue weighted by Crippen LogP contribution is -3.07. The molecule has 2 aromatic heterocycles. The third kappa shape index (κ3) is 3.82. The Kier molecular flexibility index (Phi) is 4.99. The van der Waals surface area contributed by atoms with Gasteiger partial charge in [-0.25, -0.2) is 8.42 Å². The van der Waals surface area contributed by atoms with Gasteiger partial charge < -0.3 is 4.90 Å². The van der Waals surface area contributed by atoms with Gasteiger partial charge in [0.15, 0.2) is 16.5 Å². The second-order valence-electron chi connectivity index (χ2n) is 7.85. The fourth-order valence-corrected chi connectivity index (χ4v) is 5.71. The van der Waals surface area contributed by atoms with Crippen LogP contribution in [0.3, 0.4) is 0 Å². The lowest BCUT2D eigenvalue weighted by Gasteiger charge is -2.15. The summed E-state index contributed by atoms with van der Waals surface area (Å²) in [5, 5.41) is 13.4. The van der Waals surface area contributed by atoms with Gasteiger partial charge in [-0.3, -0.25) is 9.48 Å². The number of aromatic nitrogens is 5. The Morgan fingerprint density at radius 3 is 2.72 bits per heavy atom. The summed E-state index contributed by atoms with van der Waals surface area (Å²) in [6.45, 7) is 4.95. The van der Waals surface area contributed by atoms with Crippen LogP contribution in [0.25, 0.3) is 10.9 Å². The van der Waals surface area contributed by atoms with Crippen LogP contribution in [0.4, 0.5) is 0 Å². The van der Waals surface area contributed by atoms with Crippen LogP contribution < -0.4 is 10.5 Å². The number of rotatable bonds is 5. The quantitative estimate of drug-likeness (QED) is 0.608. The Morgan fingerprint density at radius 2 is 2.00 bits per heavy atom. The second kappa shape index (κ2) is 7.34. The highest BCUT2D eigenvalue weighted by molar-refractivity contribution is 7.91. The third-order valence-electron chi connectivity index (χ3n) is 5.56. The summed E-state index contributed by atoms with van der Waals surface area (Å²) in [4.78, 5) is 13.7. The summed E-state index contributed by atoms with van der Waals surface area (Å²) in [7, 11) is -0.984. The lowest BCUT2D eigenvalue weighted by atomic mass is 10.2. The predicted octanol–water partition coefficient (Wildman–Crippen LogP) is -0.363. The minimum absolute atomic E-state index is 0.0956. The molecule has 0 amide bonds. The highest BCUT2D eigenvalue weighted by Crippen LogP contribution is 2.26. The summed E-state index contributed by atoms with van der Waals surface area (Å²) >= 11 is 0. The van der Waals surface area contributed by atoms with Gasteiger partial charge >= 0.3 is 0 Å². The number of nitrogens with one attached hydrogen (secondary N) is 1. The van der Waals surface area contributed by atoms with E-state index in [1.807, 2.05) is 37.7 Å². The summed E-state index contributed by atoms with van der Waals surface area (Å²) < 4.78 is 26.9. The number of benzene rings is 1. The maximum absolute atomic E-state index is 12.7. The Hall–Kier alpha value is -2.59. The van der Waals surface area contributed by atoms with Crippen molar-refractivity contribution < 1.29 is 13.3 Å². The summed E-state index contributed by atoms with van der Waals surface area (Å²) in [5.74, 6) is 0.374. The van der Waals surface area contributed by atoms with Crippen molar-refractivity contribution in [2.75, 3.05) is 18.6 Å². The van der Waals surface area contributed by atoms with E-state index in [-0.39, 0.29) is 23.1 Å². The largest absolute Gasteiger partial charge is 0.315 e. The topological polar surface area (TPSA) is 104 Å². The highest BCUT2D eigenvalue weighted by atomic mass is 32.2. The number of aryl methyl sites for hydroxylation is 1. The fourth-order valence-electron chi connectivity index (χ4n) is 4.02. The van der Waals surface area contributed by atoms with Crippen LogP contribution in [0, 0.1) is 13.8 Å². The van der Waals surface area contributed by atoms with E-state index in [1.165, 1.54) is 4.68 Å². The molecule has 1 N–H and O–H groups in total. The molecule has 29 heavy (non-hydrogen) atoms. The summed E-state index contributed by atoms with van der Waals surface area (Å²) in [5.41, 5.74) is 3.39. The van der Waals surface area contributed by atoms with Gasteiger partial charge in [-0.1, -0.05) is 17.3 Å². The minimum Gasteiger partial charge on any atom is -0.315 e. The SMILES string of the molecule is Cc1nn([C@@H]2CCS(=O)(=O)C2)c(C)c1C[NH+](C)Cn1nnc2ccccc2c1=O. The zero-order valence-electron chi connectivity index (χ0n) is 16.8. The van der Waals surface area contributed by atoms with Gasteiger partial charge in [0.25, 0.3) is 5.56 Å². The molecule has 3 heterocycles. The zero-order valence-corrected chi connectivity index (χ0v) is 17.6. The van der Waals surface area contributed by atoms with Crippen LogP contribution >= 0.6 is 0 Å². The van der Waals surface area contributed by atoms with Crippen molar-refractivity contribution in [2.24, 2.45) is 0 Å². The number of sulfone groups is 1. The first-order valence-electron chi connectivity index (χ1n) is 9.64. The molecule has 0 radical (unpaired) electrons. The van der Waals surface area contributed by atoms with Crippen LogP contribution in [0.5, 0.6) is 0 Å². The van der Waals surface area contributed by atoms with Crippen molar-refractivity contribution in [3.63, 3.8) is 0 Å². The number of quaternary nitrogens is 1. The van der Waals surface area contributed by atoms with Crippen LogP contribution in [-0.2, 0) is 23.1 Å². The Morgan fingerprint density at radius 1 is 1.24 bits per heavy atom. The highest BCUT2D eigenvalue weighted by Gasteiger charge is 2.31.